The van der Waals surface area contributed by atoms with Crippen LogP contribution in [-0.2, 0) is 22.6 Å². The van der Waals surface area contributed by atoms with Crippen LogP contribution in [0.2, 0.25) is 0 Å². The molecular formula is C29H23NO5. The zero-order valence-corrected chi connectivity index (χ0v) is 19.1. The Labute approximate surface area is 202 Å². The lowest BCUT2D eigenvalue weighted by Crippen LogP contribution is -2.29. The molecule has 6 nitrogen and oxygen atoms in total. The molecule has 0 radical (unpaired) electrons. The molecule has 1 N–H and O–H groups in total. The van der Waals surface area contributed by atoms with E-state index in [0.717, 1.165) is 34.1 Å². The number of benzene rings is 3. The summed E-state index contributed by atoms with van der Waals surface area (Å²) in [6.45, 7) is 2.10. The third kappa shape index (κ3) is 3.49. The van der Waals surface area contributed by atoms with Crippen molar-refractivity contribution in [1.82, 2.24) is 4.90 Å². The summed E-state index contributed by atoms with van der Waals surface area (Å²) in [5, 5.41) is 13.4. The number of furan rings is 1. The molecule has 1 saturated heterocycles. The molecule has 1 amide bonds. The second-order valence-corrected chi connectivity index (χ2v) is 9.03. The summed E-state index contributed by atoms with van der Waals surface area (Å²) < 4.78 is 11.3. The summed E-state index contributed by atoms with van der Waals surface area (Å²) >= 11 is 0. The highest BCUT2D eigenvalue weighted by molar-refractivity contribution is 6.46. The number of aliphatic hydroxyl groups excluding tert-OH is 1. The van der Waals surface area contributed by atoms with Crippen LogP contribution in [0.1, 0.15) is 35.4 Å². The number of ether oxygens (including phenoxy) is 1. The quantitative estimate of drug-likeness (QED) is 0.249. The van der Waals surface area contributed by atoms with E-state index in [0.29, 0.717) is 11.3 Å². The van der Waals surface area contributed by atoms with Crippen molar-refractivity contribution in [1.29, 1.82) is 0 Å². The lowest BCUT2D eigenvalue weighted by Gasteiger charge is -2.25. The molecule has 2 aliphatic heterocycles. The van der Waals surface area contributed by atoms with Crippen molar-refractivity contribution in [3.8, 4) is 5.75 Å². The Morgan fingerprint density at radius 2 is 1.86 bits per heavy atom. The maximum atomic E-state index is 13.4. The minimum Gasteiger partial charge on any atom is -0.507 e. The van der Waals surface area contributed by atoms with Crippen LogP contribution < -0.4 is 4.74 Å². The van der Waals surface area contributed by atoms with Gasteiger partial charge in [-0.05, 0) is 59.2 Å². The Kier molecular flexibility index (Phi) is 4.95. The van der Waals surface area contributed by atoms with Gasteiger partial charge >= 0.3 is 0 Å². The number of rotatable bonds is 4. The number of carbonyl (C=O) groups excluding carboxylic acids is 2. The van der Waals surface area contributed by atoms with E-state index in [1.54, 1.807) is 24.3 Å². The van der Waals surface area contributed by atoms with Crippen molar-refractivity contribution < 1.29 is 23.8 Å². The van der Waals surface area contributed by atoms with Gasteiger partial charge in [0, 0.05) is 12.0 Å². The van der Waals surface area contributed by atoms with Crippen LogP contribution in [0.4, 0.5) is 0 Å². The number of hydrogen-bond donors (Lipinski definition) is 1. The minimum absolute atomic E-state index is 0.0527. The standard InChI is InChI=1S/C29H23NO5/c1-17-14-20-15-19(11-12-24(20)35-17)27(31)25-26(23-10-4-7-18-6-2-3-9-22(18)23)30(29(33)28(25)32)16-21-8-5-13-34-21/h2-13,15,17,26,31H,14,16H2,1H3/t17-,26+/m0/s1. The van der Waals surface area contributed by atoms with Crippen LogP contribution in [0.3, 0.4) is 0 Å². The van der Waals surface area contributed by atoms with Crippen molar-refractivity contribution in [2.24, 2.45) is 0 Å². The average Bonchev–Trinajstić information content (AvgIpc) is 3.57. The molecule has 2 atom stereocenters. The molecule has 0 saturated carbocycles. The van der Waals surface area contributed by atoms with E-state index in [1.165, 1.54) is 11.2 Å². The predicted molar refractivity (Wildman–Crippen MR) is 131 cm³/mol. The number of hydrogen-bond acceptors (Lipinski definition) is 5. The zero-order chi connectivity index (χ0) is 24.1. The van der Waals surface area contributed by atoms with Crippen LogP contribution in [0, 0.1) is 0 Å². The first-order valence-corrected chi connectivity index (χ1v) is 11.6. The SMILES string of the molecule is C[C@H]1Cc2cc(C(O)=C3C(=O)C(=O)N(Cc4ccco4)[C@@H]3c3cccc4ccccc34)ccc2O1. The van der Waals surface area contributed by atoms with E-state index in [9.17, 15) is 14.7 Å². The molecule has 0 aliphatic carbocycles. The largest absolute Gasteiger partial charge is 0.507 e. The average molecular weight is 466 g/mol. The normalized spacial score (nSPS) is 20.9. The first-order chi connectivity index (χ1) is 17.0. The molecule has 4 aromatic rings. The molecular weight excluding hydrogens is 442 g/mol. The molecule has 1 aromatic heterocycles. The second-order valence-electron chi connectivity index (χ2n) is 9.03. The highest BCUT2D eigenvalue weighted by Crippen LogP contribution is 2.43. The van der Waals surface area contributed by atoms with E-state index >= 15 is 0 Å². The van der Waals surface area contributed by atoms with Gasteiger partial charge in [0.15, 0.2) is 0 Å². The summed E-state index contributed by atoms with van der Waals surface area (Å²) in [5.41, 5.74) is 2.30. The fraction of sp³-hybridized carbons (Fsp3) is 0.172. The second kappa shape index (κ2) is 8.17. The van der Waals surface area contributed by atoms with E-state index in [-0.39, 0.29) is 24.0 Å². The molecule has 3 heterocycles. The smallest absolute Gasteiger partial charge is 0.296 e. The Hall–Kier alpha value is -4.32. The Bertz CT molecular complexity index is 1500. The summed E-state index contributed by atoms with van der Waals surface area (Å²) in [6, 6.07) is 21.7. The fourth-order valence-corrected chi connectivity index (χ4v) is 5.15. The van der Waals surface area contributed by atoms with E-state index in [4.69, 9.17) is 9.15 Å². The summed E-state index contributed by atoms with van der Waals surface area (Å²) in [6.07, 6.45) is 2.31. The molecule has 35 heavy (non-hydrogen) atoms. The van der Waals surface area contributed by atoms with Gasteiger partial charge in [-0.1, -0.05) is 42.5 Å². The van der Waals surface area contributed by atoms with Crippen LogP contribution in [0.15, 0.2) is 89.0 Å². The van der Waals surface area contributed by atoms with Crippen molar-refractivity contribution in [3.63, 3.8) is 0 Å². The van der Waals surface area contributed by atoms with E-state index in [1.807, 2.05) is 55.5 Å². The number of likely N-dealkylation sites (tertiary alicyclic amines) is 1. The number of fused-ring (bicyclic) bond motifs is 2. The highest BCUT2D eigenvalue weighted by Gasteiger charge is 2.47. The fourth-order valence-electron chi connectivity index (χ4n) is 5.15. The zero-order valence-electron chi connectivity index (χ0n) is 19.1. The number of nitrogens with zero attached hydrogens (tertiary/aromatic N) is 1. The first kappa shape index (κ1) is 21.2. The van der Waals surface area contributed by atoms with Crippen LogP contribution in [-0.4, -0.2) is 27.8 Å². The van der Waals surface area contributed by atoms with Crippen LogP contribution in [0.5, 0.6) is 5.75 Å². The molecule has 2 aliphatic rings. The van der Waals surface area contributed by atoms with Gasteiger partial charge in [0.1, 0.15) is 23.4 Å². The maximum absolute atomic E-state index is 13.4. The predicted octanol–water partition coefficient (Wildman–Crippen LogP) is 5.38. The number of Topliss-reactive ketones (excluding diaryl/α,β-unsaturated/α-hetero) is 1. The van der Waals surface area contributed by atoms with Gasteiger partial charge in [-0.25, -0.2) is 0 Å². The number of ketones is 1. The van der Waals surface area contributed by atoms with Crippen molar-refractivity contribution in [2.45, 2.75) is 32.0 Å². The third-order valence-electron chi connectivity index (χ3n) is 6.73. The maximum Gasteiger partial charge on any atom is 0.296 e. The van der Waals surface area contributed by atoms with Crippen LogP contribution >= 0.6 is 0 Å². The Balaban J connectivity index is 1.55. The Morgan fingerprint density at radius 3 is 2.69 bits per heavy atom. The van der Waals surface area contributed by atoms with Gasteiger partial charge < -0.3 is 19.2 Å². The van der Waals surface area contributed by atoms with Gasteiger partial charge in [0.25, 0.3) is 11.7 Å². The summed E-state index contributed by atoms with van der Waals surface area (Å²) in [5.74, 6) is -0.236. The molecule has 1 fully saturated rings. The molecule has 0 bridgehead atoms. The number of aliphatic hydroxyl groups is 1. The first-order valence-electron chi connectivity index (χ1n) is 11.6. The molecule has 174 valence electrons. The minimum atomic E-state index is -0.769. The summed E-state index contributed by atoms with van der Waals surface area (Å²) in [4.78, 5) is 28.2. The van der Waals surface area contributed by atoms with E-state index in [2.05, 4.69) is 0 Å². The number of amides is 1. The van der Waals surface area contributed by atoms with Crippen molar-refractivity contribution in [3.05, 3.63) is 107 Å². The van der Waals surface area contributed by atoms with Gasteiger partial charge in [-0.3, -0.25) is 9.59 Å². The van der Waals surface area contributed by atoms with Gasteiger partial charge in [-0.2, -0.15) is 0 Å². The highest BCUT2D eigenvalue weighted by atomic mass is 16.5. The Morgan fingerprint density at radius 1 is 1.03 bits per heavy atom. The molecule has 0 unspecified atom stereocenters. The monoisotopic (exact) mass is 465 g/mol. The topological polar surface area (TPSA) is 80.0 Å². The van der Waals surface area contributed by atoms with Gasteiger partial charge in [0.05, 0.1) is 24.4 Å². The lowest BCUT2D eigenvalue weighted by molar-refractivity contribution is -0.140. The summed E-state index contributed by atoms with van der Waals surface area (Å²) in [7, 11) is 0. The third-order valence-corrected chi connectivity index (χ3v) is 6.73. The number of carbonyl (C=O) groups is 2. The molecule has 0 spiro atoms. The molecule has 3 aromatic carbocycles. The molecule has 6 heteroatoms. The molecule has 6 rings (SSSR count). The van der Waals surface area contributed by atoms with Crippen LogP contribution in [0.25, 0.3) is 16.5 Å². The lowest BCUT2D eigenvalue weighted by atomic mass is 9.91. The van der Waals surface area contributed by atoms with Gasteiger partial charge in [-0.15, -0.1) is 0 Å². The van der Waals surface area contributed by atoms with Gasteiger partial charge in [0.2, 0.25) is 0 Å². The van der Waals surface area contributed by atoms with Crippen molar-refractivity contribution >= 4 is 28.2 Å². The van der Waals surface area contributed by atoms with Crippen molar-refractivity contribution in [2.75, 3.05) is 0 Å². The van der Waals surface area contributed by atoms with E-state index < -0.39 is 17.7 Å².